The molecule has 2 aromatic carbocycles. The minimum atomic E-state index is -4.59. The molecule has 5 heteroatoms. The largest absolute Gasteiger partial charge is 0.412 e. The van der Waals surface area contributed by atoms with E-state index in [1.807, 2.05) is 0 Å². The van der Waals surface area contributed by atoms with Crippen LogP contribution in [0.4, 0.5) is 17.6 Å². The van der Waals surface area contributed by atoms with Crippen LogP contribution in [0.3, 0.4) is 0 Å². The van der Waals surface area contributed by atoms with E-state index in [1.165, 1.54) is 43.2 Å². The van der Waals surface area contributed by atoms with Crippen molar-refractivity contribution in [3.8, 4) is 11.1 Å². The second-order valence-corrected chi connectivity index (χ2v) is 10.6. The fourth-order valence-corrected chi connectivity index (χ4v) is 5.79. The smallest absolute Gasteiger partial charge is 0.373 e. The minimum Gasteiger partial charge on any atom is -0.373 e. The Morgan fingerprint density at radius 3 is 1.97 bits per heavy atom. The van der Waals surface area contributed by atoms with E-state index in [2.05, 4.69) is 55.5 Å². The zero-order chi connectivity index (χ0) is 25.5. The first-order valence-corrected chi connectivity index (χ1v) is 13.6. The van der Waals surface area contributed by atoms with Gasteiger partial charge in [0, 0.05) is 5.92 Å². The van der Waals surface area contributed by atoms with E-state index in [0.29, 0.717) is 31.6 Å². The molecule has 1 saturated heterocycles. The molecule has 0 amide bonds. The van der Waals surface area contributed by atoms with Crippen molar-refractivity contribution < 1.29 is 22.3 Å². The van der Waals surface area contributed by atoms with Crippen LogP contribution in [0.2, 0.25) is 0 Å². The van der Waals surface area contributed by atoms with Crippen LogP contribution in [0, 0.1) is 11.8 Å². The number of hydrogen-bond acceptors (Lipinski definition) is 1. The van der Waals surface area contributed by atoms with Crippen molar-refractivity contribution in [2.24, 2.45) is 11.8 Å². The molecule has 36 heavy (non-hydrogen) atoms. The predicted molar refractivity (Wildman–Crippen MR) is 137 cm³/mol. The van der Waals surface area contributed by atoms with Crippen LogP contribution in [-0.2, 0) is 4.74 Å². The summed E-state index contributed by atoms with van der Waals surface area (Å²) >= 11 is 0. The molecule has 2 atom stereocenters. The fraction of sp³-hybridized carbons (Fsp3) is 0.548. The summed E-state index contributed by atoms with van der Waals surface area (Å²) in [5.41, 5.74) is 4.71. The van der Waals surface area contributed by atoms with Crippen LogP contribution in [-0.4, -0.2) is 12.8 Å². The van der Waals surface area contributed by atoms with Crippen molar-refractivity contribution in [2.45, 2.75) is 89.3 Å². The molecule has 1 nitrogen and oxygen atoms in total. The molecule has 0 N–H and O–H groups in total. The Morgan fingerprint density at radius 1 is 0.833 bits per heavy atom. The Labute approximate surface area is 212 Å². The highest BCUT2D eigenvalue weighted by atomic mass is 19.4. The molecule has 2 aliphatic rings. The molecular formula is C31H38F4O. The normalized spacial score (nSPS) is 25.6. The number of ether oxygens (including phenoxy) is 1. The van der Waals surface area contributed by atoms with Crippen LogP contribution in [0.15, 0.2) is 60.4 Å². The Bertz CT molecular complexity index is 961. The summed E-state index contributed by atoms with van der Waals surface area (Å²) < 4.78 is 57.4. The zero-order valence-electron chi connectivity index (χ0n) is 21.2. The molecule has 1 aliphatic heterocycles. The highest BCUT2D eigenvalue weighted by Crippen LogP contribution is 2.40. The van der Waals surface area contributed by atoms with Gasteiger partial charge in [0.05, 0.1) is 18.8 Å². The summed E-state index contributed by atoms with van der Waals surface area (Å²) in [7, 11) is 0. The first-order chi connectivity index (χ1) is 17.3. The van der Waals surface area contributed by atoms with Gasteiger partial charge in [0.2, 0.25) is 0 Å². The molecule has 2 unspecified atom stereocenters. The Kier molecular flexibility index (Phi) is 9.27. The number of unbranched alkanes of at least 4 members (excludes halogenated alkanes) is 2. The maximum absolute atomic E-state index is 13.9. The van der Waals surface area contributed by atoms with Gasteiger partial charge < -0.3 is 4.74 Å². The number of alkyl halides is 3. The minimum absolute atomic E-state index is 0.177. The molecule has 196 valence electrons. The van der Waals surface area contributed by atoms with E-state index in [9.17, 15) is 17.6 Å². The Balaban J connectivity index is 1.28. The van der Waals surface area contributed by atoms with Crippen LogP contribution >= 0.6 is 0 Å². The number of halogens is 4. The van der Waals surface area contributed by atoms with Crippen molar-refractivity contribution in [1.29, 1.82) is 0 Å². The molecule has 4 rings (SSSR count). The third-order valence-electron chi connectivity index (χ3n) is 8.00. The number of rotatable bonds is 8. The van der Waals surface area contributed by atoms with Gasteiger partial charge >= 0.3 is 6.18 Å². The molecule has 0 radical (unpaired) electrons. The highest BCUT2D eigenvalue weighted by molar-refractivity contribution is 5.64. The summed E-state index contributed by atoms with van der Waals surface area (Å²) in [6.07, 6.45) is 5.24. The number of hydrogen-bond donors (Lipinski definition) is 0. The second kappa shape index (κ2) is 12.4. The second-order valence-electron chi connectivity index (χ2n) is 10.6. The molecule has 2 aromatic rings. The standard InChI is InChI=1S/C31H38F4O/c1-2-3-4-5-22-6-19-30(36-21-22)28-17-13-26(14-18-28)24-9-7-23(8-10-24)25-11-15-27(16-12-25)29(32)20-31(33,34)35/h7-10,13-14,17-18,20,22,25,27,30H,2-6,11-12,15-16,19,21H2,1H3. The third-order valence-corrected chi connectivity index (χ3v) is 8.00. The van der Waals surface area contributed by atoms with Crippen LogP contribution in [0.5, 0.6) is 0 Å². The molecular weight excluding hydrogens is 464 g/mol. The van der Waals surface area contributed by atoms with E-state index < -0.39 is 17.9 Å². The van der Waals surface area contributed by atoms with Crippen LogP contribution < -0.4 is 0 Å². The Morgan fingerprint density at radius 2 is 1.44 bits per heavy atom. The van der Waals surface area contributed by atoms with Gasteiger partial charge in [-0.15, -0.1) is 0 Å². The van der Waals surface area contributed by atoms with E-state index in [1.54, 1.807) is 0 Å². The average molecular weight is 503 g/mol. The van der Waals surface area contributed by atoms with Crippen LogP contribution in [0.25, 0.3) is 11.1 Å². The SMILES string of the molecule is CCCCCC1CCC(c2ccc(-c3ccc(C4CCC(C(F)=CC(F)(F)F)CC4)cc3)cc2)OC1. The summed E-state index contributed by atoms with van der Waals surface area (Å²) in [5.74, 6) is -0.660. The van der Waals surface area contributed by atoms with Gasteiger partial charge in [0.1, 0.15) is 5.83 Å². The Hall–Kier alpha value is -2.14. The molecule has 1 saturated carbocycles. The van der Waals surface area contributed by atoms with Gasteiger partial charge in [-0.3, -0.25) is 0 Å². The lowest BCUT2D eigenvalue weighted by atomic mass is 9.78. The first kappa shape index (κ1) is 26.9. The summed E-state index contributed by atoms with van der Waals surface area (Å²) in [6.45, 7) is 3.11. The molecule has 1 aliphatic carbocycles. The van der Waals surface area contributed by atoms with Gasteiger partial charge in [0.25, 0.3) is 0 Å². The lowest BCUT2D eigenvalue weighted by Gasteiger charge is -2.29. The van der Waals surface area contributed by atoms with Crippen molar-refractivity contribution in [3.63, 3.8) is 0 Å². The van der Waals surface area contributed by atoms with Gasteiger partial charge in [-0.25, -0.2) is 4.39 Å². The van der Waals surface area contributed by atoms with E-state index in [-0.39, 0.29) is 18.1 Å². The quantitative estimate of drug-likeness (QED) is 0.258. The van der Waals surface area contributed by atoms with E-state index in [4.69, 9.17) is 4.74 Å². The highest BCUT2D eigenvalue weighted by Gasteiger charge is 2.30. The summed E-state index contributed by atoms with van der Waals surface area (Å²) in [4.78, 5) is 0. The van der Waals surface area contributed by atoms with E-state index in [0.717, 1.165) is 24.2 Å². The van der Waals surface area contributed by atoms with Gasteiger partial charge in [-0.2, -0.15) is 13.2 Å². The monoisotopic (exact) mass is 502 g/mol. The predicted octanol–water partition coefficient (Wildman–Crippen LogP) is 10.1. The molecule has 1 heterocycles. The van der Waals surface area contributed by atoms with Crippen LogP contribution in [0.1, 0.15) is 94.3 Å². The zero-order valence-corrected chi connectivity index (χ0v) is 21.2. The van der Waals surface area contributed by atoms with Gasteiger partial charge in [-0.1, -0.05) is 74.7 Å². The van der Waals surface area contributed by atoms with Gasteiger partial charge in [-0.05, 0) is 79.0 Å². The molecule has 0 bridgehead atoms. The maximum atomic E-state index is 13.9. The van der Waals surface area contributed by atoms with E-state index >= 15 is 0 Å². The summed E-state index contributed by atoms with van der Waals surface area (Å²) in [6, 6.07) is 17.1. The lowest BCUT2D eigenvalue weighted by Crippen LogP contribution is -2.20. The van der Waals surface area contributed by atoms with Crippen molar-refractivity contribution in [2.75, 3.05) is 6.61 Å². The van der Waals surface area contributed by atoms with Crippen molar-refractivity contribution in [3.05, 3.63) is 71.6 Å². The molecule has 0 aromatic heterocycles. The maximum Gasteiger partial charge on any atom is 0.412 e. The topological polar surface area (TPSA) is 9.23 Å². The average Bonchev–Trinajstić information content (AvgIpc) is 2.89. The molecule has 0 spiro atoms. The van der Waals surface area contributed by atoms with Crippen molar-refractivity contribution in [1.82, 2.24) is 0 Å². The number of allylic oxidation sites excluding steroid dienone is 2. The number of benzene rings is 2. The molecule has 2 fully saturated rings. The summed E-state index contributed by atoms with van der Waals surface area (Å²) in [5, 5.41) is 0. The van der Waals surface area contributed by atoms with Gasteiger partial charge in [0.15, 0.2) is 0 Å². The fourth-order valence-electron chi connectivity index (χ4n) is 5.79. The lowest BCUT2D eigenvalue weighted by molar-refractivity contribution is -0.0820. The van der Waals surface area contributed by atoms with Crippen molar-refractivity contribution >= 4 is 0 Å². The third kappa shape index (κ3) is 7.44. The first-order valence-electron chi connectivity index (χ1n) is 13.6.